The van der Waals surface area contributed by atoms with Crippen LogP contribution < -0.4 is 0 Å². The Labute approximate surface area is 176 Å². The van der Waals surface area contributed by atoms with Crippen LogP contribution in [-0.2, 0) is 28.8 Å². The van der Waals surface area contributed by atoms with E-state index in [9.17, 15) is 9.59 Å². The van der Waals surface area contributed by atoms with E-state index in [0.29, 0.717) is 17.3 Å². The number of hydrogen-bond donors (Lipinski definition) is 0. The van der Waals surface area contributed by atoms with Crippen molar-refractivity contribution in [1.29, 1.82) is 0 Å². The molecule has 0 radical (unpaired) electrons. The zero-order chi connectivity index (χ0) is 21.5. The van der Waals surface area contributed by atoms with Crippen molar-refractivity contribution in [3.05, 3.63) is 70.6 Å². The first kappa shape index (κ1) is 21.4. The largest absolute Gasteiger partial charge is 0.457 e. The van der Waals surface area contributed by atoms with Crippen LogP contribution in [0.5, 0.6) is 0 Å². The Morgan fingerprint density at radius 2 is 1.77 bits per heavy atom. The van der Waals surface area contributed by atoms with Gasteiger partial charge in [-0.15, -0.1) is 10.2 Å². The van der Waals surface area contributed by atoms with E-state index in [-0.39, 0.29) is 25.2 Å². The van der Waals surface area contributed by atoms with Crippen molar-refractivity contribution >= 4 is 11.8 Å². The summed E-state index contributed by atoms with van der Waals surface area (Å²) < 4.78 is 10.8. The lowest BCUT2D eigenvalue weighted by Gasteiger charge is -2.09. The molecular weight excluding hydrogens is 380 g/mol. The fourth-order valence-corrected chi connectivity index (χ4v) is 3.08. The maximum atomic E-state index is 12.5. The van der Waals surface area contributed by atoms with E-state index in [1.807, 2.05) is 63.2 Å². The molecule has 0 aliphatic carbocycles. The molecule has 6 heteroatoms. The Hall–Kier alpha value is -3.28. The molecule has 3 aromatic rings. The molecule has 0 unspecified atom stereocenters. The van der Waals surface area contributed by atoms with Crippen LogP contribution in [0.25, 0.3) is 11.5 Å². The minimum atomic E-state index is -0.469. The van der Waals surface area contributed by atoms with Gasteiger partial charge in [-0.25, -0.2) is 0 Å². The maximum Gasteiger partial charge on any atom is 0.306 e. The van der Waals surface area contributed by atoms with Gasteiger partial charge in [0, 0.05) is 17.5 Å². The molecule has 0 saturated heterocycles. The van der Waals surface area contributed by atoms with Crippen molar-refractivity contribution in [2.24, 2.45) is 0 Å². The van der Waals surface area contributed by atoms with Gasteiger partial charge in [0.1, 0.15) is 0 Å². The van der Waals surface area contributed by atoms with Crippen LogP contribution >= 0.6 is 0 Å². The summed E-state index contributed by atoms with van der Waals surface area (Å²) in [5.41, 5.74) is 4.64. The van der Waals surface area contributed by atoms with Crippen LogP contribution in [0.3, 0.4) is 0 Å². The van der Waals surface area contributed by atoms with Crippen LogP contribution in [0.15, 0.2) is 46.9 Å². The molecule has 0 aliphatic rings. The summed E-state index contributed by atoms with van der Waals surface area (Å²) >= 11 is 0. The standard InChI is InChI=1S/C24H26N2O4/c1-4-17-8-11-18(5-2)20(14-17)21(27)15-29-23(28)13-12-22-25-26-24(30-22)19-9-6-16(3)7-10-19/h6-11,14H,4-5,12-13,15H2,1-3H3. The molecular formula is C24H26N2O4. The van der Waals surface area contributed by atoms with E-state index < -0.39 is 5.97 Å². The fraction of sp³-hybridized carbons (Fsp3) is 0.333. The van der Waals surface area contributed by atoms with Crippen molar-refractivity contribution in [3.63, 3.8) is 0 Å². The second-order valence-corrected chi connectivity index (χ2v) is 7.15. The van der Waals surface area contributed by atoms with E-state index in [1.54, 1.807) is 0 Å². The highest BCUT2D eigenvalue weighted by molar-refractivity contribution is 5.99. The van der Waals surface area contributed by atoms with Crippen molar-refractivity contribution in [2.45, 2.75) is 46.5 Å². The Morgan fingerprint density at radius 1 is 1.00 bits per heavy atom. The Balaban J connectivity index is 1.52. The molecule has 0 saturated carbocycles. The number of ether oxygens (including phenoxy) is 1. The molecule has 1 aromatic heterocycles. The number of aromatic nitrogens is 2. The molecule has 1 heterocycles. The molecule has 3 rings (SSSR count). The molecule has 0 fully saturated rings. The van der Waals surface area contributed by atoms with Gasteiger partial charge in [0.2, 0.25) is 17.6 Å². The predicted molar refractivity (Wildman–Crippen MR) is 113 cm³/mol. The molecule has 0 N–H and O–H groups in total. The van der Waals surface area contributed by atoms with Gasteiger partial charge in [-0.1, -0.05) is 43.7 Å². The van der Waals surface area contributed by atoms with E-state index in [2.05, 4.69) is 10.2 Å². The molecule has 0 bridgehead atoms. The molecule has 0 atom stereocenters. The normalized spacial score (nSPS) is 10.8. The highest BCUT2D eigenvalue weighted by atomic mass is 16.5. The predicted octanol–water partition coefficient (Wildman–Crippen LogP) is 4.53. The van der Waals surface area contributed by atoms with Gasteiger partial charge < -0.3 is 9.15 Å². The van der Waals surface area contributed by atoms with Gasteiger partial charge in [-0.3, -0.25) is 9.59 Å². The van der Waals surface area contributed by atoms with Crippen molar-refractivity contribution in [3.8, 4) is 11.5 Å². The summed E-state index contributed by atoms with van der Waals surface area (Å²) in [6.07, 6.45) is 1.92. The average Bonchev–Trinajstić information content (AvgIpc) is 3.25. The van der Waals surface area contributed by atoms with Gasteiger partial charge in [0.15, 0.2) is 6.61 Å². The monoisotopic (exact) mass is 406 g/mol. The third kappa shape index (κ3) is 5.41. The SMILES string of the molecule is CCc1ccc(CC)c(C(=O)COC(=O)CCc2nnc(-c3ccc(C)cc3)o2)c1. The second-order valence-electron chi connectivity index (χ2n) is 7.15. The number of aryl methyl sites for hydroxylation is 4. The topological polar surface area (TPSA) is 82.3 Å². The minimum Gasteiger partial charge on any atom is -0.457 e. The zero-order valence-corrected chi connectivity index (χ0v) is 17.6. The number of Topliss-reactive ketones (excluding diaryl/α,β-unsaturated/α-hetero) is 1. The highest BCUT2D eigenvalue weighted by Crippen LogP contribution is 2.19. The van der Waals surface area contributed by atoms with Crippen LogP contribution in [0, 0.1) is 6.92 Å². The summed E-state index contributed by atoms with van der Waals surface area (Å²) in [5.74, 6) is 0.118. The Morgan fingerprint density at radius 3 is 2.47 bits per heavy atom. The number of ketones is 1. The minimum absolute atomic E-state index is 0.0679. The van der Waals surface area contributed by atoms with E-state index in [1.165, 1.54) is 0 Å². The molecule has 30 heavy (non-hydrogen) atoms. The van der Waals surface area contributed by atoms with E-state index >= 15 is 0 Å². The van der Waals surface area contributed by atoms with Gasteiger partial charge in [0.05, 0.1) is 6.42 Å². The number of carbonyl (C=O) groups is 2. The van der Waals surface area contributed by atoms with Crippen LogP contribution in [0.1, 0.15) is 53.2 Å². The van der Waals surface area contributed by atoms with Gasteiger partial charge in [-0.05, 0) is 49.1 Å². The number of rotatable bonds is 9. The first-order valence-electron chi connectivity index (χ1n) is 10.2. The smallest absolute Gasteiger partial charge is 0.306 e. The summed E-state index contributed by atoms with van der Waals surface area (Å²) in [5, 5.41) is 8.00. The number of hydrogen-bond acceptors (Lipinski definition) is 6. The molecule has 6 nitrogen and oxygen atoms in total. The van der Waals surface area contributed by atoms with Crippen LogP contribution in [0.2, 0.25) is 0 Å². The van der Waals surface area contributed by atoms with E-state index in [0.717, 1.165) is 35.1 Å². The van der Waals surface area contributed by atoms with Gasteiger partial charge in [-0.2, -0.15) is 0 Å². The van der Waals surface area contributed by atoms with Crippen LogP contribution in [0.4, 0.5) is 0 Å². The molecule has 0 aliphatic heterocycles. The highest BCUT2D eigenvalue weighted by Gasteiger charge is 2.15. The zero-order valence-electron chi connectivity index (χ0n) is 17.6. The number of nitrogens with zero attached hydrogens (tertiary/aromatic N) is 2. The summed E-state index contributed by atoms with van der Waals surface area (Å²) in [6.45, 7) is 5.77. The van der Waals surface area contributed by atoms with E-state index in [4.69, 9.17) is 9.15 Å². The molecule has 0 spiro atoms. The lowest BCUT2D eigenvalue weighted by molar-refractivity contribution is -0.142. The van der Waals surface area contributed by atoms with Crippen molar-refractivity contribution in [1.82, 2.24) is 10.2 Å². The summed E-state index contributed by atoms with van der Waals surface area (Å²) in [4.78, 5) is 24.6. The van der Waals surface area contributed by atoms with Gasteiger partial charge in [0.25, 0.3) is 0 Å². The first-order chi connectivity index (χ1) is 14.5. The maximum absolute atomic E-state index is 12.5. The summed E-state index contributed by atoms with van der Waals surface area (Å²) in [6, 6.07) is 13.6. The quantitative estimate of drug-likeness (QED) is 0.384. The molecule has 2 aromatic carbocycles. The number of esters is 1. The first-order valence-corrected chi connectivity index (χ1v) is 10.2. The van der Waals surface area contributed by atoms with Crippen molar-refractivity contribution < 1.29 is 18.7 Å². The number of benzene rings is 2. The van der Waals surface area contributed by atoms with Gasteiger partial charge >= 0.3 is 5.97 Å². The average molecular weight is 406 g/mol. The third-order valence-corrected chi connectivity index (χ3v) is 4.94. The lowest BCUT2D eigenvalue weighted by Crippen LogP contribution is -2.16. The Kier molecular flexibility index (Phi) is 7.12. The van der Waals surface area contributed by atoms with Crippen LogP contribution in [-0.4, -0.2) is 28.6 Å². The summed E-state index contributed by atoms with van der Waals surface area (Å²) in [7, 11) is 0. The number of carbonyl (C=O) groups excluding carboxylic acids is 2. The Bertz CT molecular complexity index is 1020. The lowest BCUT2D eigenvalue weighted by atomic mass is 9.98. The molecule has 156 valence electrons. The fourth-order valence-electron chi connectivity index (χ4n) is 3.08. The second kappa shape index (κ2) is 9.96. The van der Waals surface area contributed by atoms with Crippen molar-refractivity contribution in [2.75, 3.05) is 6.61 Å². The molecule has 0 amide bonds. The third-order valence-electron chi connectivity index (χ3n) is 4.94.